The van der Waals surface area contributed by atoms with Crippen molar-refractivity contribution < 1.29 is 24.5 Å². The first-order valence-electron chi connectivity index (χ1n) is 27.1. The number of aliphatic hydroxyl groups excluding tert-OH is 2. The maximum atomic E-state index is 12.5. The number of rotatable bonds is 50. The van der Waals surface area contributed by atoms with Crippen LogP contribution in [0.4, 0.5) is 0 Å². The molecule has 0 heterocycles. The molecule has 0 aliphatic heterocycles. The zero-order valence-corrected chi connectivity index (χ0v) is 40.9. The van der Waals surface area contributed by atoms with Gasteiger partial charge < -0.3 is 20.3 Å². The first kappa shape index (κ1) is 59.3. The van der Waals surface area contributed by atoms with E-state index in [1.807, 2.05) is 0 Å². The highest BCUT2D eigenvalue weighted by atomic mass is 16.5. The lowest BCUT2D eigenvalue weighted by Gasteiger charge is -2.22. The highest BCUT2D eigenvalue weighted by molar-refractivity contribution is 5.76. The van der Waals surface area contributed by atoms with Gasteiger partial charge in [0.05, 0.1) is 25.4 Å². The quantitative estimate of drug-likeness (QED) is 0.0322. The topological polar surface area (TPSA) is 95.9 Å². The number of carbonyl (C=O) groups excluding carboxylic acids is 2. The highest BCUT2D eigenvalue weighted by Crippen LogP contribution is 2.17. The number of hydrogen-bond donors (Lipinski definition) is 3. The third-order valence-corrected chi connectivity index (χ3v) is 12.5. The van der Waals surface area contributed by atoms with Gasteiger partial charge in [0.25, 0.3) is 0 Å². The molecule has 0 radical (unpaired) electrons. The molecule has 0 aromatic carbocycles. The molecule has 1 amide bonds. The summed E-state index contributed by atoms with van der Waals surface area (Å²) in [7, 11) is 0. The molecule has 0 spiro atoms. The van der Waals surface area contributed by atoms with Gasteiger partial charge in [-0.25, -0.2) is 0 Å². The molecule has 0 saturated carbocycles. The van der Waals surface area contributed by atoms with Crippen LogP contribution in [0.5, 0.6) is 0 Å². The predicted octanol–water partition coefficient (Wildman–Crippen LogP) is 16.3. The third kappa shape index (κ3) is 47.7. The second kappa shape index (κ2) is 51.0. The predicted molar refractivity (Wildman–Crippen MR) is 264 cm³/mol. The molecule has 0 saturated heterocycles. The average molecular weight is 860 g/mol. The number of ether oxygens (including phenoxy) is 1. The standard InChI is InChI=1S/C55H105NO5/c1-3-5-7-9-11-13-15-17-18-19-20-21-22-23-24-25-26-27-31-35-39-43-47-53(58)52(51-57)56-54(59)48-44-40-36-32-29-30-34-38-42-46-50-61-55(60)49-45-41-37-33-28-16-14-12-10-8-6-4-2/h12,14,30,34,52-53,57-58H,3-11,13,15-29,31-33,35-51H2,1-2H3,(H,56,59)/b14-12-,34-30-. The number of aliphatic hydroxyl groups is 2. The monoisotopic (exact) mass is 860 g/mol. The summed E-state index contributed by atoms with van der Waals surface area (Å²) in [5.74, 6) is -0.115. The van der Waals surface area contributed by atoms with Crippen LogP contribution >= 0.6 is 0 Å². The van der Waals surface area contributed by atoms with Crippen molar-refractivity contribution in [3.8, 4) is 0 Å². The van der Waals surface area contributed by atoms with Gasteiger partial charge in [0, 0.05) is 12.8 Å². The Morgan fingerprint density at radius 2 is 0.770 bits per heavy atom. The van der Waals surface area contributed by atoms with E-state index in [4.69, 9.17) is 4.74 Å². The van der Waals surface area contributed by atoms with E-state index >= 15 is 0 Å². The molecule has 0 rings (SSSR count). The second-order valence-corrected chi connectivity index (χ2v) is 18.6. The van der Waals surface area contributed by atoms with Crippen molar-refractivity contribution in [2.75, 3.05) is 13.2 Å². The van der Waals surface area contributed by atoms with Crippen molar-refractivity contribution in [1.82, 2.24) is 5.32 Å². The summed E-state index contributed by atoms with van der Waals surface area (Å²) in [4.78, 5) is 24.5. The van der Waals surface area contributed by atoms with Gasteiger partial charge in [0.2, 0.25) is 5.91 Å². The van der Waals surface area contributed by atoms with Crippen molar-refractivity contribution in [2.45, 2.75) is 302 Å². The van der Waals surface area contributed by atoms with Crippen LogP contribution in [0.1, 0.15) is 290 Å². The smallest absolute Gasteiger partial charge is 0.305 e. The van der Waals surface area contributed by atoms with Gasteiger partial charge in [-0.05, 0) is 77.0 Å². The van der Waals surface area contributed by atoms with Crippen molar-refractivity contribution in [1.29, 1.82) is 0 Å². The van der Waals surface area contributed by atoms with Crippen LogP contribution < -0.4 is 5.32 Å². The van der Waals surface area contributed by atoms with Gasteiger partial charge >= 0.3 is 5.97 Å². The van der Waals surface area contributed by atoms with Crippen LogP contribution in [0.2, 0.25) is 0 Å². The van der Waals surface area contributed by atoms with E-state index in [2.05, 4.69) is 43.5 Å². The Morgan fingerprint density at radius 3 is 1.20 bits per heavy atom. The van der Waals surface area contributed by atoms with Crippen LogP contribution in [-0.2, 0) is 14.3 Å². The number of esters is 1. The van der Waals surface area contributed by atoms with Gasteiger partial charge in [-0.1, -0.05) is 224 Å². The first-order chi connectivity index (χ1) is 30.0. The maximum Gasteiger partial charge on any atom is 0.305 e. The van der Waals surface area contributed by atoms with Crippen LogP contribution in [0, 0.1) is 0 Å². The molecule has 2 unspecified atom stereocenters. The number of carbonyl (C=O) groups is 2. The Balaban J connectivity index is 3.52. The lowest BCUT2D eigenvalue weighted by Crippen LogP contribution is -2.45. The average Bonchev–Trinajstić information content (AvgIpc) is 3.26. The largest absolute Gasteiger partial charge is 0.466 e. The normalized spacial score (nSPS) is 12.8. The van der Waals surface area contributed by atoms with E-state index in [-0.39, 0.29) is 18.5 Å². The summed E-state index contributed by atoms with van der Waals surface area (Å²) in [6.45, 7) is 4.85. The second-order valence-electron chi connectivity index (χ2n) is 18.6. The van der Waals surface area contributed by atoms with Gasteiger partial charge in [-0.2, -0.15) is 0 Å². The molecular weight excluding hydrogens is 755 g/mol. The summed E-state index contributed by atoms with van der Waals surface area (Å²) in [5, 5.41) is 23.3. The van der Waals surface area contributed by atoms with Crippen LogP contribution in [0.15, 0.2) is 24.3 Å². The van der Waals surface area contributed by atoms with E-state index in [0.29, 0.717) is 25.9 Å². The zero-order chi connectivity index (χ0) is 44.4. The summed E-state index contributed by atoms with van der Waals surface area (Å²) in [6.07, 6.45) is 60.2. The van der Waals surface area contributed by atoms with Crippen LogP contribution in [-0.4, -0.2) is 47.4 Å². The fraction of sp³-hybridized carbons (Fsp3) is 0.891. The zero-order valence-electron chi connectivity index (χ0n) is 40.9. The lowest BCUT2D eigenvalue weighted by molar-refractivity contribution is -0.143. The minimum absolute atomic E-state index is 0.0459. The summed E-state index contributed by atoms with van der Waals surface area (Å²) in [6, 6.07) is -0.568. The molecule has 2 atom stereocenters. The SMILES string of the molecule is CCCCC/C=C\CCCCCCCC(=O)OCCCC/C=C\CCCCCCC(=O)NC(CO)C(O)CCCCCCCCCCCCCCCCCCCCCCCC. The molecule has 0 aromatic rings. The number of amides is 1. The molecule has 6 nitrogen and oxygen atoms in total. The van der Waals surface area contributed by atoms with Crippen LogP contribution in [0.25, 0.3) is 0 Å². The van der Waals surface area contributed by atoms with Crippen LogP contribution in [0.3, 0.4) is 0 Å². The lowest BCUT2D eigenvalue weighted by atomic mass is 10.0. The molecule has 61 heavy (non-hydrogen) atoms. The van der Waals surface area contributed by atoms with Crippen molar-refractivity contribution in [3.05, 3.63) is 24.3 Å². The van der Waals surface area contributed by atoms with Crippen molar-refractivity contribution in [3.63, 3.8) is 0 Å². The van der Waals surface area contributed by atoms with E-state index in [1.165, 1.54) is 180 Å². The molecule has 0 aliphatic carbocycles. The van der Waals surface area contributed by atoms with Gasteiger partial charge in [-0.15, -0.1) is 0 Å². The Morgan fingerprint density at radius 1 is 0.443 bits per heavy atom. The molecular formula is C55H105NO5. The van der Waals surface area contributed by atoms with Gasteiger partial charge in [0.15, 0.2) is 0 Å². The first-order valence-corrected chi connectivity index (χ1v) is 27.1. The molecule has 6 heteroatoms. The molecule has 360 valence electrons. The summed E-state index contributed by atoms with van der Waals surface area (Å²) >= 11 is 0. The van der Waals surface area contributed by atoms with Crippen molar-refractivity contribution in [2.24, 2.45) is 0 Å². The van der Waals surface area contributed by atoms with E-state index in [1.54, 1.807) is 0 Å². The Labute approximate surface area is 380 Å². The number of nitrogens with one attached hydrogen (secondary N) is 1. The fourth-order valence-corrected chi connectivity index (χ4v) is 8.28. The molecule has 0 aliphatic rings. The Kier molecular flexibility index (Phi) is 49.6. The Hall–Kier alpha value is -1.66. The molecule has 0 fully saturated rings. The number of allylic oxidation sites excluding steroid dienone is 4. The van der Waals surface area contributed by atoms with E-state index in [0.717, 1.165) is 77.0 Å². The number of unbranched alkanes of at least 4 members (excludes halogenated alkanes) is 35. The third-order valence-electron chi connectivity index (χ3n) is 12.5. The van der Waals surface area contributed by atoms with Gasteiger partial charge in [0.1, 0.15) is 0 Å². The van der Waals surface area contributed by atoms with Gasteiger partial charge in [-0.3, -0.25) is 9.59 Å². The Bertz CT molecular complexity index is 951. The summed E-state index contributed by atoms with van der Waals surface area (Å²) < 4.78 is 5.42. The minimum Gasteiger partial charge on any atom is -0.466 e. The fourth-order valence-electron chi connectivity index (χ4n) is 8.28. The molecule has 0 aromatic heterocycles. The number of hydrogen-bond acceptors (Lipinski definition) is 5. The highest BCUT2D eigenvalue weighted by Gasteiger charge is 2.20. The van der Waals surface area contributed by atoms with E-state index < -0.39 is 12.1 Å². The molecule has 3 N–H and O–H groups in total. The molecule has 0 bridgehead atoms. The van der Waals surface area contributed by atoms with E-state index in [9.17, 15) is 19.8 Å². The minimum atomic E-state index is -0.687. The maximum absolute atomic E-state index is 12.5. The van der Waals surface area contributed by atoms with Crippen molar-refractivity contribution >= 4 is 11.9 Å². The summed E-state index contributed by atoms with van der Waals surface area (Å²) in [5.41, 5.74) is 0.